The van der Waals surface area contributed by atoms with Gasteiger partial charge in [-0.2, -0.15) is 26.3 Å². The molecule has 2 aromatic carbocycles. The molecule has 2 aromatic rings. The molecule has 6 nitrogen and oxygen atoms in total. The second-order valence-electron chi connectivity index (χ2n) is 11.6. The van der Waals surface area contributed by atoms with Crippen LogP contribution in [0.4, 0.5) is 35.5 Å². The number of amides is 3. The zero-order valence-electron chi connectivity index (χ0n) is 24.0. The van der Waals surface area contributed by atoms with E-state index in [1.807, 2.05) is 4.90 Å². The molecule has 1 N–H and O–H groups in total. The maximum atomic E-state index is 13.9. The van der Waals surface area contributed by atoms with Gasteiger partial charge >= 0.3 is 18.4 Å². The summed E-state index contributed by atoms with van der Waals surface area (Å²) in [7, 11) is 0. The third kappa shape index (κ3) is 7.77. The Morgan fingerprint density at radius 1 is 0.909 bits per heavy atom. The van der Waals surface area contributed by atoms with E-state index in [9.17, 15) is 40.3 Å². The lowest BCUT2D eigenvalue weighted by Crippen LogP contribution is -2.57. The van der Waals surface area contributed by atoms with Gasteiger partial charge < -0.3 is 15.1 Å². The van der Waals surface area contributed by atoms with E-state index in [0.717, 1.165) is 18.4 Å². The van der Waals surface area contributed by atoms with E-state index >= 15 is 0 Å². The molecule has 44 heavy (non-hydrogen) atoms. The lowest BCUT2D eigenvalue weighted by Gasteiger charge is -2.46. The zero-order chi connectivity index (χ0) is 31.1. The van der Waals surface area contributed by atoms with Gasteiger partial charge in [0.2, 0.25) is 5.91 Å². The number of hydrogen-bond acceptors (Lipinski definition) is 3. The van der Waals surface area contributed by atoms with Crippen molar-refractivity contribution in [1.82, 2.24) is 20.0 Å². The molecule has 0 aromatic heterocycles. The summed E-state index contributed by atoms with van der Waals surface area (Å²) in [6.07, 6.45) is -7.05. The number of hydrogen-bond donors (Lipinski definition) is 1. The normalized spacial score (nSPS) is 21.7. The minimum absolute atomic E-state index is 0. The number of carbonyl (C=O) groups is 2. The number of urea groups is 1. The average Bonchev–Trinajstić information content (AvgIpc) is 3.77. The summed E-state index contributed by atoms with van der Waals surface area (Å²) < 4.78 is 93.4. The first-order valence-electron chi connectivity index (χ1n) is 14.3. The Bertz CT molecular complexity index is 1330. The molecule has 3 fully saturated rings. The standard InChI is InChI=1S/C30H33F7N4O2.ClH/c1-18-12-22(31)2-5-25(18)26-16-24(39-10-11-40(23-3-4-23)27(42)17-39)7-9-41(26)28(43)38-8-6-19-13-20(29(32,33)34)15-21(14-19)30(35,36)37;/h2,5,12-15,23-24,26H,3-4,6-11,16-17H2,1H3,(H,38,43);1H/t24-,26-;/m1./s1. The number of aryl methyl sites for hydroxylation is 1. The summed E-state index contributed by atoms with van der Waals surface area (Å²) in [5.74, 6) is -0.336. The van der Waals surface area contributed by atoms with Gasteiger partial charge in [-0.15, -0.1) is 12.4 Å². The van der Waals surface area contributed by atoms with E-state index in [4.69, 9.17) is 0 Å². The molecule has 3 amide bonds. The first-order valence-corrected chi connectivity index (χ1v) is 14.3. The fourth-order valence-electron chi connectivity index (χ4n) is 6.20. The summed E-state index contributed by atoms with van der Waals surface area (Å²) in [5, 5.41) is 2.65. The molecule has 1 saturated carbocycles. The van der Waals surface area contributed by atoms with Crippen LogP contribution < -0.4 is 5.32 Å². The van der Waals surface area contributed by atoms with Gasteiger partial charge in [-0.3, -0.25) is 9.69 Å². The van der Waals surface area contributed by atoms with Gasteiger partial charge in [0.05, 0.1) is 23.7 Å². The second-order valence-corrected chi connectivity index (χ2v) is 11.6. The van der Waals surface area contributed by atoms with Gasteiger partial charge in [-0.25, -0.2) is 9.18 Å². The van der Waals surface area contributed by atoms with Crippen molar-refractivity contribution in [3.63, 3.8) is 0 Å². The van der Waals surface area contributed by atoms with Gasteiger partial charge in [0.25, 0.3) is 0 Å². The molecule has 1 aliphatic carbocycles. The highest BCUT2D eigenvalue weighted by Gasteiger charge is 2.41. The monoisotopic (exact) mass is 650 g/mol. The second kappa shape index (κ2) is 13.1. The van der Waals surface area contributed by atoms with Gasteiger partial charge in [0.15, 0.2) is 0 Å². The van der Waals surface area contributed by atoms with Crippen LogP contribution in [0, 0.1) is 12.7 Å². The third-order valence-corrected chi connectivity index (χ3v) is 8.55. The molecule has 2 atom stereocenters. The molecule has 0 unspecified atom stereocenters. The molecular formula is C30H34ClF7N4O2. The van der Waals surface area contributed by atoms with Crippen LogP contribution in [0.5, 0.6) is 0 Å². The van der Waals surface area contributed by atoms with Crippen LogP contribution in [-0.4, -0.2) is 71.4 Å². The Labute approximate surface area is 257 Å². The maximum Gasteiger partial charge on any atom is 0.416 e. The van der Waals surface area contributed by atoms with Crippen molar-refractivity contribution in [2.24, 2.45) is 0 Å². The molecule has 242 valence electrons. The molecule has 2 aliphatic heterocycles. The van der Waals surface area contributed by atoms with E-state index < -0.39 is 41.4 Å². The van der Waals surface area contributed by atoms with Crippen LogP contribution in [0.15, 0.2) is 36.4 Å². The molecular weight excluding hydrogens is 617 g/mol. The Morgan fingerprint density at radius 3 is 2.14 bits per heavy atom. The van der Waals surface area contributed by atoms with Crippen molar-refractivity contribution < 1.29 is 40.3 Å². The Kier molecular flexibility index (Phi) is 10.1. The Balaban J connectivity index is 0.00000442. The van der Waals surface area contributed by atoms with E-state index in [2.05, 4.69) is 10.2 Å². The molecule has 14 heteroatoms. The van der Waals surface area contributed by atoms with Crippen molar-refractivity contribution in [3.05, 3.63) is 70.0 Å². The van der Waals surface area contributed by atoms with Crippen molar-refractivity contribution in [3.8, 4) is 0 Å². The van der Waals surface area contributed by atoms with Crippen molar-refractivity contribution in [1.29, 1.82) is 0 Å². The molecule has 5 rings (SSSR count). The lowest BCUT2D eigenvalue weighted by atomic mass is 9.88. The number of benzene rings is 2. The topological polar surface area (TPSA) is 55.9 Å². The molecule has 0 radical (unpaired) electrons. The number of carbonyl (C=O) groups excluding carboxylic acids is 2. The van der Waals surface area contributed by atoms with Gasteiger partial charge in [0, 0.05) is 38.3 Å². The molecule has 2 saturated heterocycles. The highest BCUT2D eigenvalue weighted by atomic mass is 35.5. The van der Waals surface area contributed by atoms with Crippen molar-refractivity contribution in [2.75, 3.05) is 32.7 Å². The number of piperidine rings is 1. The Hall–Kier alpha value is -3.06. The number of rotatable bonds is 6. The number of piperazine rings is 1. The summed E-state index contributed by atoms with van der Waals surface area (Å²) in [5.41, 5.74) is -1.65. The third-order valence-electron chi connectivity index (χ3n) is 8.55. The zero-order valence-corrected chi connectivity index (χ0v) is 24.8. The highest BCUT2D eigenvalue weighted by molar-refractivity contribution is 5.85. The van der Waals surface area contributed by atoms with Gasteiger partial charge in [0.1, 0.15) is 5.82 Å². The minimum atomic E-state index is -4.96. The van der Waals surface area contributed by atoms with E-state index in [0.29, 0.717) is 62.8 Å². The summed E-state index contributed by atoms with van der Waals surface area (Å²) in [6.45, 7) is 3.50. The maximum absolute atomic E-state index is 13.9. The van der Waals surface area contributed by atoms with E-state index in [1.54, 1.807) is 17.9 Å². The SMILES string of the molecule is Cc1cc(F)ccc1[C@H]1C[C@H](N2CCN(C3CC3)C(=O)C2)CCN1C(=O)NCCc1cc(C(F)(F)F)cc(C(F)(F)F)c1.Cl. The first kappa shape index (κ1) is 33.8. The number of nitrogens with one attached hydrogen (secondary N) is 1. The quantitative estimate of drug-likeness (QED) is 0.371. The molecule has 3 aliphatic rings. The first-order chi connectivity index (χ1) is 20.2. The number of alkyl halides is 6. The number of nitrogens with zero attached hydrogens (tertiary/aromatic N) is 3. The minimum Gasteiger partial charge on any atom is -0.338 e. The predicted molar refractivity (Wildman–Crippen MR) is 151 cm³/mol. The number of halogens is 8. The predicted octanol–water partition coefficient (Wildman–Crippen LogP) is 6.36. The van der Waals surface area contributed by atoms with Crippen LogP contribution in [0.2, 0.25) is 0 Å². The largest absolute Gasteiger partial charge is 0.416 e. The highest BCUT2D eigenvalue weighted by Crippen LogP contribution is 2.38. The fraction of sp³-hybridized carbons (Fsp3) is 0.533. The Morgan fingerprint density at radius 2 is 1.57 bits per heavy atom. The van der Waals surface area contributed by atoms with Crippen LogP contribution in [0.1, 0.15) is 59.5 Å². The van der Waals surface area contributed by atoms with Gasteiger partial charge in [-0.05, 0) is 86.1 Å². The summed E-state index contributed by atoms with van der Waals surface area (Å²) in [4.78, 5) is 31.8. The lowest BCUT2D eigenvalue weighted by molar-refractivity contribution is -0.143. The molecule has 0 bridgehead atoms. The van der Waals surface area contributed by atoms with Crippen LogP contribution >= 0.6 is 12.4 Å². The van der Waals surface area contributed by atoms with Crippen LogP contribution in [0.3, 0.4) is 0 Å². The summed E-state index contributed by atoms with van der Waals surface area (Å²) >= 11 is 0. The van der Waals surface area contributed by atoms with Crippen LogP contribution in [-0.2, 0) is 23.6 Å². The average molecular weight is 651 g/mol. The smallest absolute Gasteiger partial charge is 0.338 e. The van der Waals surface area contributed by atoms with Crippen molar-refractivity contribution in [2.45, 2.75) is 69.5 Å². The number of likely N-dealkylation sites (tertiary alicyclic amines) is 1. The van der Waals surface area contributed by atoms with Gasteiger partial charge in [-0.1, -0.05) is 6.07 Å². The van der Waals surface area contributed by atoms with Crippen molar-refractivity contribution >= 4 is 24.3 Å². The van der Waals surface area contributed by atoms with Crippen LogP contribution in [0.25, 0.3) is 0 Å². The molecule has 0 spiro atoms. The fourth-order valence-corrected chi connectivity index (χ4v) is 6.20. The van der Waals surface area contributed by atoms with E-state index in [1.165, 1.54) is 12.1 Å². The molecule has 2 heterocycles. The van der Waals surface area contributed by atoms with E-state index in [-0.39, 0.29) is 49.0 Å². The summed E-state index contributed by atoms with van der Waals surface area (Å²) in [6, 6.07) is 5.03.